The highest BCUT2D eigenvalue weighted by atomic mass is 16.3. The van der Waals surface area contributed by atoms with Crippen LogP contribution in [0.1, 0.15) is 32.6 Å². The van der Waals surface area contributed by atoms with Crippen molar-refractivity contribution in [2.45, 2.75) is 44.7 Å². The molecule has 1 saturated carbocycles. The minimum absolute atomic E-state index is 0.0645. The molecule has 1 aliphatic carbocycles. The Labute approximate surface area is 117 Å². The summed E-state index contributed by atoms with van der Waals surface area (Å²) in [5, 5.41) is 12.5. The fourth-order valence-electron chi connectivity index (χ4n) is 2.95. The molecule has 1 amide bonds. The van der Waals surface area contributed by atoms with Gasteiger partial charge in [0.2, 0.25) is 5.91 Å². The number of nitrogens with one attached hydrogen (secondary N) is 1. The van der Waals surface area contributed by atoms with Gasteiger partial charge in [-0.25, -0.2) is 9.78 Å². The van der Waals surface area contributed by atoms with Crippen LogP contribution in [0, 0.1) is 5.92 Å². The van der Waals surface area contributed by atoms with Crippen molar-refractivity contribution in [3.05, 3.63) is 28.9 Å². The van der Waals surface area contributed by atoms with Crippen molar-refractivity contribution < 1.29 is 9.90 Å². The number of hydrogen-bond acceptors (Lipinski definition) is 4. The molecule has 1 aromatic heterocycles. The van der Waals surface area contributed by atoms with E-state index in [4.69, 9.17) is 0 Å². The molecule has 0 aromatic carbocycles. The zero-order valence-electron chi connectivity index (χ0n) is 11.7. The zero-order valence-corrected chi connectivity index (χ0v) is 11.7. The molecule has 1 aliphatic rings. The Hall–Kier alpha value is -1.69. The second-order valence-corrected chi connectivity index (χ2v) is 5.72. The van der Waals surface area contributed by atoms with Gasteiger partial charge < -0.3 is 10.4 Å². The van der Waals surface area contributed by atoms with E-state index in [1.807, 2.05) is 0 Å². The molecule has 0 bridgehead atoms. The van der Waals surface area contributed by atoms with Gasteiger partial charge >= 0.3 is 5.69 Å². The molecule has 1 aromatic rings. The van der Waals surface area contributed by atoms with E-state index in [1.54, 1.807) is 6.07 Å². The van der Waals surface area contributed by atoms with Gasteiger partial charge in [-0.05, 0) is 24.8 Å². The van der Waals surface area contributed by atoms with Gasteiger partial charge in [0.15, 0.2) is 0 Å². The molecular weight excluding hydrogens is 258 g/mol. The molecule has 20 heavy (non-hydrogen) atoms. The number of aliphatic hydroxyl groups excluding tert-OH is 1. The summed E-state index contributed by atoms with van der Waals surface area (Å²) in [6.45, 7) is 2.00. The van der Waals surface area contributed by atoms with Crippen molar-refractivity contribution >= 4 is 5.91 Å². The molecule has 0 spiro atoms. The average Bonchev–Trinajstić information content (AvgIpc) is 2.41. The largest absolute Gasteiger partial charge is 0.394 e. The summed E-state index contributed by atoms with van der Waals surface area (Å²) in [5.41, 5.74) is -0.988. The van der Waals surface area contributed by atoms with Gasteiger partial charge in [-0.15, -0.1) is 0 Å². The van der Waals surface area contributed by atoms with Crippen LogP contribution in [0.3, 0.4) is 0 Å². The molecule has 6 nitrogen and oxygen atoms in total. The Bertz CT molecular complexity index is 528. The van der Waals surface area contributed by atoms with Crippen LogP contribution in [0.2, 0.25) is 0 Å². The minimum Gasteiger partial charge on any atom is -0.394 e. The van der Waals surface area contributed by atoms with Crippen LogP contribution in [0.25, 0.3) is 0 Å². The lowest BCUT2D eigenvalue weighted by atomic mass is 9.77. The Morgan fingerprint density at radius 3 is 3.10 bits per heavy atom. The number of hydrogen-bond donors (Lipinski definition) is 2. The highest BCUT2D eigenvalue weighted by Crippen LogP contribution is 2.31. The summed E-state index contributed by atoms with van der Waals surface area (Å²) in [7, 11) is 0. The lowest BCUT2D eigenvalue weighted by molar-refractivity contribution is -0.125. The van der Waals surface area contributed by atoms with Crippen LogP contribution < -0.4 is 11.0 Å². The first-order chi connectivity index (χ1) is 9.54. The van der Waals surface area contributed by atoms with E-state index < -0.39 is 11.2 Å². The minimum atomic E-state index is -0.541. The third-order valence-corrected chi connectivity index (χ3v) is 3.90. The van der Waals surface area contributed by atoms with E-state index in [0.29, 0.717) is 5.92 Å². The summed E-state index contributed by atoms with van der Waals surface area (Å²) in [6.07, 6.45) is 6.60. The first-order valence-corrected chi connectivity index (χ1v) is 6.98. The maximum absolute atomic E-state index is 12.1. The number of nitrogens with zero attached hydrogens (tertiary/aromatic N) is 2. The number of aliphatic hydroxyl groups is 1. The van der Waals surface area contributed by atoms with Crippen LogP contribution in [0.15, 0.2) is 23.3 Å². The lowest BCUT2D eigenvalue weighted by Gasteiger charge is -2.39. The van der Waals surface area contributed by atoms with Gasteiger partial charge in [0.05, 0.1) is 12.1 Å². The monoisotopic (exact) mass is 279 g/mol. The SMILES string of the molecule is CC1CCCC(CO)(NC(=O)Cn2cccnc2=O)C1. The van der Waals surface area contributed by atoms with Gasteiger partial charge in [-0.2, -0.15) is 0 Å². The molecule has 0 aliphatic heterocycles. The Morgan fingerprint density at radius 1 is 1.65 bits per heavy atom. The van der Waals surface area contributed by atoms with Crippen molar-refractivity contribution in [1.29, 1.82) is 0 Å². The van der Waals surface area contributed by atoms with Crippen molar-refractivity contribution in [3.63, 3.8) is 0 Å². The van der Waals surface area contributed by atoms with E-state index in [1.165, 1.54) is 17.0 Å². The summed E-state index contributed by atoms with van der Waals surface area (Å²) >= 11 is 0. The normalized spacial score (nSPS) is 26.2. The highest BCUT2D eigenvalue weighted by Gasteiger charge is 2.35. The maximum atomic E-state index is 12.1. The zero-order chi connectivity index (χ0) is 14.6. The van der Waals surface area contributed by atoms with Gasteiger partial charge in [0.1, 0.15) is 6.54 Å². The quantitative estimate of drug-likeness (QED) is 0.830. The topological polar surface area (TPSA) is 84.2 Å². The third kappa shape index (κ3) is 3.45. The van der Waals surface area contributed by atoms with E-state index in [0.717, 1.165) is 25.7 Å². The Morgan fingerprint density at radius 2 is 2.45 bits per heavy atom. The molecule has 2 unspecified atom stereocenters. The van der Waals surface area contributed by atoms with Crippen LogP contribution in [0.4, 0.5) is 0 Å². The van der Waals surface area contributed by atoms with E-state index >= 15 is 0 Å². The first kappa shape index (κ1) is 14.7. The van der Waals surface area contributed by atoms with Gasteiger partial charge in [-0.3, -0.25) is 9.36 Å². The molecular formula is C14H21N3O3. The smallest absolute Gasteiger partial charge is 0.347 e. The number of aromatic nitrogens is 2. The standard InChI is InChI=1S/C14H21N3O3/c1-11-4-2-5-14(8-11,10-18)16-12(19)9-17-7-3-6-15-13(17)20/h3,6-7,11,18H,2,4-5,8-10H2,1H3,(H,16,19). The molecule has 0 radical (unpaired) electrons. The molecule has 2 rings (SSSR count). The second-order valence-electron chi connectivity index (χ2n) is 5.72. The summed E-state index contributed by atoms with van der Waals surface area (Å²) in [5.74, 6) is 0.223. The summed E-state index contributed by atoms with van der Waals surface area (Å²) in [4.78, 5) is 27.2. The summed E-state index contributed by atoms with van der Waals surface area (Å²) < 4.78 is 1.26. The average molecular weight is 279 g/mol. The maximum Gasteiger partial charge on any atom is 0.347 e. The number of rotatable bonds is 4. The van der Waals surface area contributed by atoms with Crippen molar-refractivity contribution in [2.75, 3.05) is 6.61 Å². The fourth-order valence-corrected chi connectivity index (χ4v) is 2.95. The van der Waals surface area contributed by atoms with Gasteiger partial charge in [0.25, 0.3) is 0 Å². The van der Waals surface area contributed by atoms with E-state index in [9.17, 15) is 14.7 Å². The molecule has 110 valence electrons. The highest BCUT2D eigenvalue weighted by molar-refractivity contribution is 5.76. The molecule has 6 heteroatoms. The van der Waals surface area contributed by atoms with Crippen LogP contribution in [0.5, 0.6) is 0 Å². The predicted octanol–water partition coefficient (Wildman–Crippen LogP) is 0.301. The fraction of sp³-hybridized carbons (Fsp3) is 0.643. The van der Waals surface area contributed by atoms with Crippen molar-refractivity contribution in [3.8, 4) is 0 Å². The third-order valence-electron chi connectivity index (χ3n) is 3.90. The first-order valence-electron chi connectivity index (χ1n) is 6.98. The lowest BCUT2D eigenvalue weighted by Crippen LogP contribution is -2.54. The van der Waals surface area contributed by atoms with E-state index in [-0.39, 0.29) is 19.1 Å². The molecule has 0 saturated heterocycles. The second kappa shape index (κ2) is 6.17. The Kier molecular flexibility index (Phi) is 4.54. The summed E-state index contributed by atoms with van der Waals surface area (Å²) in [6, 6.07) is 1.61. The number of carbonyl (C=O) groups excluding carboxylic acids is 1. The molecule has 2 N–H and O–H groups in total. The van der Waals surface area contributed by atoms with Crippen LogP contribution in [-0.4, -0.2) is 32.7 Å². The van der Waals surface area contributed by atoms with Crippen molar-refractivity contribution in [1.82, 2.24) is 14.9 Å². The van der Waals surface area contributed by atoms with Gasteiger partial charge in [0, 0.05) is 12.4 Å². The molecule has 1 fully saturated rings. The van der Waals surface area contributed by atoms with E-state index in [2.05, 4.69) is 17.2 Å². The molecule has 1 heterocycles. The predicted molar refractivity (Wildman–Crippen MR) is 74.1 cm³/mol. The van der Waals surface area contributed by atoms with Crippen molar-refractivity contribution in [2.24, 2.45) is 5.92 Å². The molecule has 2 atom stereocenters. The van der Waals surface area contributed by atoms with Crippen LogP contribution in [-0.2, 0) is 11.3 Å². The number of carbonyl (C=O) groups is 1. The van der Waals surface area contributed by atoms with Crippen LogP contribution >= 0.6 is 0 Å². The number of amides is 1. The Balaban J connectivity index is 2.03. The van der Waals surface area contributed by atoms with Gasteiger partial charge in [-0.1, -0.05) is 19.8 Å².